The van der Waals surface area contributed by atoms with Crippen LogP contribution in [0.4, 0.5) is 0 Å². The maximum atomic E-state index is 9.28. The molecule has 78 valence electrons. The van der Waals surface area contributed by atoms with Gasteiger partial charge in [0.05, 0.1) is 18.8 Å². The molecule has 15 heavy (non-hydrogen) atoms. The molecule has 0 aliphatic carbocycles. The van der Waals surface area contributed by atoms with E-state index in [1.807, 2.05) is 12.1 Å². The molecule has 0 bridgehead atoms. The van der Waals surface area contributed by atoms with E-state index in [1.165, 1.54) is 0 Å². The topological polar surface area (TPSA) is 63.8 Å². The van der Waals surface area contributed by atoms with Crippen LogP contribution in [0.15, 0.2) is 30.7 Å². The van der Waals surface area contributed by atoms with Gasteiger partial charge in [-0.1, -0.05) is 5.21 Å². The Morgan fingerprint density at radius 1 is 1.40 bits per heavy atom. The molecule has 5 heteroatoms. The van der Waals surface area contributed by atoms with Gasteiger partial charge in [-0.05, 0) is 24.6 Å². The number of nitrogens with zero attached hydrogens (tertiary/aromatic N) is 4. The van der Waals surface area contributed by atoms with Gasteiger partial charge in [-0.3, -0.25) is 4.98 Å². The molecule has 0 aliphatic rings. The lowest BCUT2D eigenvalue weighted by atomic mass is 10.3. The molecule has 0 radical (unpaired) electrons. The fourth-order valence-corrected chi connectivity index (χ4v) is 1.26. The van der Waals surface area contributed by atoms with Crippen LogP contribution in [0.2, 0.25) is 0 Å². The van der Waals surface area contributed by atoms with Gasteiger partial charge >= 0.3 is 0 Å². The van der Waals surface area contributed by atoms with E-state index in [2.05, 4.69) is 15.3 Å². The van der Waals surface area contributed by atoms with E-state index in [0.717, 1.165) is 5.56 Å². The number of hydrogen-bond acceptors (Lipinski definition) is 4. The molecule has 2 heterocycles. The van der Waals surface area contributed by atoms with Gasteiger partial charge in [0.1, 0.15) is 5.69 Å². The van der Waals surface area contributed by atoms with Crippen LogP contribution in [0.1, 0.15) is 24.3 Å². The van der Waals surface area contributed by atoms with E-state index in [-0.39, 0.29) is 0 Å². The van der Waals surface area contributed by atoms with Gasteiger partial charge in [0.2, 0.25) is 0 Å². The molecule has 2 aromatic heterocycles. The summed E-state index contributed by atoms with van der Waals surface area (Å²) in [6, 6.07) is 3.84. The summed E-state index contributed by atoms with van der Waals surface area (Å²) in [6.07, 6.45) is 4.64. The highest BCUT2D eigenvalue weighted by molar-refractivity contribution is 5.10. The van der Waals surface area contributed by atoms with Crippen molar-refractivity contribution in [1.29, 1.82) is 0 Å². The summed E-state index contributed by atoms with van der Waals surface area (Å²) in [5, 5.41) is 17.1. The van der Waals surface area contributed by atoms with Crippen LogP contribution in [0.25, 0.3) is 0 Å². The number of aliphatic hydroxyl groups excluding tert-OH is 1. The van der Waals surface area contributed by atoms with E-state index in [0.29, 0.717) is 12.2 Å². The van der Waals surface area contributed by atoms with Crippen molar-refractivity contribution in [2.24, 2.45) is 0 Å². The average Bonchev–Trinajstić information content (AvgIpc) is 2.68. The molecule has 1 N–H and O–H groups in total. The smallest absolute Gasteiger partial charge is 0.111 e. The van der Waals surface area contributed by atoms with Gasteiger partial charge in [0.25, 0.3) is 0 Å². The first kappa shape index (κ1) is 9.79. The molecular weight excluding hydrogens is 192 g/mol. The van der Waals surface area contributed by atoms with Crippen molar-refractivity contribution in [3.63, 3.8) is 0 Å². The third-order valence-corrected chi connectivity index (χ3v) is 2.08. The zero-order valence-electron chi connectivity index (χ0n) is 8.41. The van der Waals surface area contributed by atoms with Crippen LogP contribution in [0.3, 0.4) is 0 Å². The van der Waals surface area contributed by atoms with E-state index >= 15 is 0 Å². The van der Waals surface area contributed by atoms with Crippen molar-refractivity contribution in [2.75, 3.05) is 0 Å². The van der Waals surface area contributed by atoms with Crippen molar-refractivity contribution in [1.82, 2.24) is 20.0 Å². The summed E-state index contributed by atoms with van der Waals surface area (Å²) in [5.74, 6) is 0. The molecule has 1 atom stereocenters. The molecule has 2 aromatic rings. The Morgan fingerprint density at radius 2 is 2.13 bits per heavy atom. The zero-order chi connectivity index (χ0) is 10.7. The lowest BCUT2D eigenvalue weighted by Crippen LogP contribution is -2.00. The van der Waals surface area contributed by atoms with E-state index in [1.54, 1.807) is 30.2 Å². The Balaban J connectivity index is 2.12. The number of hydrogen-bond donors (Lipinski definition) is 1. The fourth-order valence-electron chi connectivity index (χ4n) is 1.26. The van der Waals surface area contributed by atoms with Gasteiger partial charge in [-0.15, -0.1) is 5.10 Å². The lowest BCUT2D eigenvalue weighted by Gasteiger charge is -1.99. The van der Waals surface area contributed by atoms with Crippen molar-refractivity contribution >= 4 is 0 Å². The molecule has 0 saturated heterocycles. The first-order valence-corrected chi connectivity index (χ1v) is 4.72. The first-order valence-electron chi connectivity index (χ1n) is 4.72. The normalized spacial score (nSPS) is 12.7. The van der Waals surface area contributed by atoms with Gasteiger partial charge in [0.15, 0.2) is 0 Å². The molecule has 5 nitrogen and oxygen atoms in total. The van der Waals surface area contributed by atoms with Crippen molar-refractivity contribution in [3.05, 3.63) is 42.0 Å². The summed E-state index contributed by atoms with van der Waals surface area (Å²) in [4.78, 5) is 3.94. The first-order chi connectivity index (χ1) is 7.25. The van der Waals surface area contributed by atoms with Crippen molar-refractivity contribution in [2.45, 2.75) is 19.6 Å². The second-order valence-electron chi connectivity index (χ2n) is 3.37. The standard InChI is InChI=1S/C10H12N4O/c1-8(15)10-7-14(13-12-10)6-9-2-4-11-5-3-9/h2-5,7-8,15H,6H2,1H3. The summed E-state index contributed by atoms with van der Waals surface area (Å²) in [6.45, 7) is 2.31. The predicted molar refractivity (Wildman–Crippen MR) is 54.0 cm³/mol. The van der Waals surface area contributed by atoms with Crippen LogP contribution < -0.4 is 0 Å². The predicted octanol–water partition coefficient (Wildman–Crippen LogP) is 0.775. The van der Waals surface area contributed by atoms with Crippen LogP contribution in [0, 0.1) is 0 Å². The van der Waals surface area contributed by atoms with Crippen molar-refractivity contribution in [3.8, 4) is 0 Å². The third-order valence-electron chi connectivity index (χ3n) is 2.08. The Morgan fingerprint density at radius 3 is 2.73 bits per heavy atom. The lowest BCUT2D eigenvalue weighted by molar-refractivity contribution is 0.194. The van der Waals surface area contributed by atoms with Gasteiger partial charge in [-0.25, -0.2) is 4.68 Å². The quantitative estimate of drug-likeness (QED) is 0.802. The summed E-state index contributed by atoms with van der Waals surface area (Å²) >= 11 is 0. The molecular formula is C10H12N4O. The number of aliphatic hydroxyl groups is 1. The minimum absolute atomic E-state index is 0.573. The second kappa shape index (κ2) is 4.18. The molecule has 0 amide bonds. The van der Waals surface area contributed by atoms with Gasteiger partial charge in [0, 0.05) is 12.4 Å². The average molecular weight is 204 g/mol. The van der Waals surface area contributed by atoms with E-state index in [9.17, 15) is 5.11 Å². The molecule has 0 spiro atoms. The fraction of sp³-hybridized carbons (Fsp3) is 0.300. The van der Waals surface area contributed by atoms with Gasteiger partial charge in [-0.2, -0.15) is 0 Å². The Labute approximate surface area is 87.4 Å². The largest absolute Gasteiger partial charge is 0.387 e. The second-order valence-corrected chi connectivity index (χ2v) is 3.37. The number of pyridine rings is 1. The maximum Gasteiger partial charge on any atom is 0.111 e. The molecule has 2 rings (SSSR count). The Hall–Kier alpha value is -1.75. The highest BCUT2D eigenvalue weighted by Crippen LogP contribution is 2.07. The summed E-state index contributed by atoms with van der Waals surface area (Å²) in [5.41, 5.74) is 1.69. The highest BCUT2D eigenvalue weighted by atomic mass is 16.3. The molecule has 0 aromatic carbocycles. The number of rotatable bonds is 3. The summed E-state index contributed by atoms with van der Waals surface area (Å²) in [7, 11) is 0. The maximum absolute atomic E-state index is 9.28. The third kappa shape index (κ3) is 2.38. The number of aromatic nitrogens is 4. The minimum atomic E-state index is -0.573. The van der Waals surface area contributed by atoms with E-state index < -0.39 is 6.10 Å². The highest BCUT2D eigenvalue weighted by Gasteiger charge is 2.05. The van der Waals surface area contributed by atoms with E-state index in [4.69, 9.17) is 0 Å². The summed E-state index contributed by atoms with van der Waals surface area (Å²) < 4.78 is 1.69. The molecule has 0 aliphatic heterocycles. The molecule has 0 saturated carbocycles. The molecule has 1 unspecified atom stereocenters. The van der Waals surface area contributed by atoms with Crippen LogP contribution in [-0.4, -0.2) is 25.1 Å². The minimum Gasteiger partial charge on any atom is -0.387 e. The Kier molecular flexibility index (Phi) is 2.73. The van der Waals surface area contributed by atoms with Gasteiger partial charge < -0.3 is 5.11 Å². The Bertz CT molecular complexity index is 424. The SMILES string of the molecule is CC(O)c1cn(Cc2ccncc2)nn1. The zero-order valence-corrected chi connectivity index (χ0v) is 8.41. The van der Waals surface area contributed by atoms with Crippen LogP contribution >= 0.6 is 0 Å². The van der Waals surface area contributed by atoms with Crippen LogP contribution in [-0.2, 0) is 6.54 Å². The molecule has 0 fully saturated rings. The van der Waals surface area contributed by atoms with Crippen molar-refractivity contribution < 1.29 is 5.11 Å². The monoisotopic (exact) mass is 204 g/mol. The van der Waals surface area contributed by atoms with Crippen LogP contribution in [0.5, 0.6) is 0 Å².